The molecular formula is C42H70O4. The van der Waals surface area contributed by atoms with E-state index in [1.807, 2.05) is 0 Å². The summed E-state index contributed by atoms with van der Waals surface area (Å²) in [5.74, 6) is -2.29. The Balaban J connectivity index is 2.33. The van der Waals surface area contributed by atoms with Gasteiger partial charge in [0.15, 0.2) is 5.78 Å². The zero-order chi connectivity index (χ0) is 33.3. The fourth-order valence-corrected chi connectivity index (χ4v) is 6.01. The molecule has 1 aliphatic rings. The summed E-state index contributed by atoms with van der Waals surface area (Å²) < 4.78 is 5.78. The van der Waals surface area contributed by atoms with Gasteiger partial charge >= 0.3 is 5.97 Å². The van der Waals surface area contributed by atoms with Crippen molar-refractivity contribution in [2.75, 3.05) is 0 Å². The highest BCUT2D eigenvalue weighted by Crippen LogP contribution is 2.24. The molecule has 0 saturated heterocycles. The smallest absolute Gasteiger partial charge is 0.317 e. The van der Waals surface area contributed by atoms with Gasteiger partial charge in [0.1, 0.15) is 12.0 Å². The molecule has 0 aromatic heterocycles. The number of hydrogen-bond donors (Lipinski definition) is 0. The van der Waals surface area contributed by atoms with Crippen LogP contribution in [0, 0.1) is 5.92 Å². The quantitative estimate of drug-likeness (QED) is 0.0258. The Morgan fingerprint density at radius 1 is 0.565 bits per heavy atom. The topological polar surface area (TPSA) is 60.4 Å². The maximum atomic E-state index is 13.2. The van der Waals surface area contributed by atoms with Crippen molar-refractivity contribution in [3.63, 3.8) is 0 Å². The minimum absolute atomic E-state index is 0.0968. The van der Waals surface area contributed by atoms with Gasteiger partial charge in [0.2, 0.25) is 5.78 Å². The number of ether oxygens (including phenoxy) is 1. The fraction of sp³-hybridized carbons (Fsp3) is 0.738. The summed E-state index contributed by atoms with van der Waals surface area (Å²) >= 11 is 0. The highest BCUT2D eigenvalue weighted by atomic mass is 16.5. The van der Waals surface area contributed by atoms with Crippen molar-refractivity contribution in [3.05, 3.63) is 48.6 Å². The van der Waals surface area contributed by atoms with E-state index in [-0.39, 0.29) is 18.3 Å². The lowest BCUT2D eigenvalue weighted by molar-refractivity contribution is -0.160. The maximum Gasteiger partial charge on any atom is 0.317 e. The van der Waals surface area contributed by atoms with Crippen LogP contribution in [0.2, 0.25) is 0 Å². The third-order valence-corrected chi connectivity index (χ3v) is 9.01. The first-order chi connectivity index (χ1) is 22.6. The maximum absolute atomic E-state index is 13.2. The van der Waals surface area contributed by atoms with Gasteiger partial charge in [-0.15, -0.1) is 0 Å². The molecule has 46 heavy (non-hydrogen) atoms. The number of rotatable bonds is 30. The number of carbonyl (C=O) groups excluding carboxylic acids is 3. The number of Topliss-reactive ketones (excluding diaryl/α,β-unsaturated/α-hetero) is 2. The molecule has 1 rings (SSSR count). The Kier molecular flexibility index (Phi) is 28.5. The summed E-state index contributed by atoms with van der Waals surface area (Å²) in [6.45, 7) is 4.47. The van der Waals surface area contributed by atoms with Crippen LogP contribution in [0.25, 0.3) is 0 Å². The van der Waals surface area contributed by atoms with E-state index in [1.165, 1.54) is 57.8 Å². The molecule has 0 bridgehead atoms. The second-order valence-electron chi connectivity index (χ2n) is 13.3. The first-order valence-corrected chi connectivity index (χ1v) is 19.5. The molecule has 0 spiro atoms. The Labute approximate surface area is 284 Å². The summed E-state index contributed by atoms with van der Waals surface area (Å²) in [7, 11) is 0. The van der Waals surface area contributed by atoms with Crippen LogP contribution >= 0.6 is 0 Å². The molecule has 0 aliphatic heterocycles. The van der Waals surface area contributed by atoms with Crippen LogP contribution in [0.15, 0.2) is 48.6 Å². The fourth-order valence-electron chi connectivity index (χ4n) is 6.01. The summed E-state index contributed by atoms with van der Waals surface area (Å²) in [6.07, 6.45) is 45.6. The first kappa shape index (κ1) is 41.8. The molecule has 1 unspecified atom stereocenters. The number of carbonyl (C=O) groups is 3. The molecule has 4 nitrogen and oxygen atoms in total. The Morgan fingerprint density at radius 2 is 1.02 bits per heavy atom. The van der Waals surface area contributed by atoms with Crippen LogP contribution in [0.5, 0.6) is 0 Å². The van der Waals surface area contributed by atoms with Crippen LogP contribution in [0.4, 0.5) is 0 Å². The molecule has 0 amide bonds. The molecule has 1 saturated carbocycles. The average Bonchev–Trinajstić information content (AvgIpc) is 3.06. The van der Waals surface area contributed by atoms with Crippen molar-refractivity contribution in [1.82, 2.24) is 0 Å². The van der Waals surface area contributed by atoms with Crippen LogP contribution < -0.4 is 0 Å². The Hall–Kier alpha value is -2.23. The van der Waals surface area contributed by atoms with Crippen LogP contribution in [-0.2, 0) is 19.1 Å². The van der Waals surface area contributed by atoms with Crippen molar-refractivity contribution in [2.45, 2.75) is 193 Å². The summed E-state index contributed by atoms with van der Waals surface area (Å²) in [5, 5.41) is 0. The lowest BCUT2D eigenvalue weighted by Crippen LogP contribution is -2.34. The van der Waals surface area contributed by atoms with E-state index in [2.05, 4.69) is 62.5 Å². The number of hydrogen-bond acceptors (Lipinski definition) is 4. The lowest BCUT2D eigenvalue weighted by Gasteiger charge is -2.24. The molecule has 0 aromatic carbocycles. The average molecular weight is 639 g/mol. The summed E-state index contributed by atoms with van der Waals surface area (Å²) in [4.78, 5) is 39.1. The minimum Gasteiger partial charge on any atom is -0.462 e. The van der Waals surface area contributed by atoms with Crippen LogP contribution in [0.1, 0.15) is 187 Å². The van der Waals surface area contributed by atoms with Gasteiger partial charge in [0.25, 0.3) is 0 Å². The molecule has 0 radical (unpaired) electrons. The van der Waals surface area contributed by atoms with E-state index in [4.69, 9.17) is 4.74 Å². The molecule has 0 heterocycles. The van der Waals surface area contributed by atoms with E-state index in [0.717, 1.165) is 96.3 Å². The van der Waals surface area contributed by atoms with Gasteiger partial charge in [-0.05, 0) is 103 Å². The van der Waals surface area contributed by atoms with Gasteiger partial charge in [0.05, 0.1) is 0 Å². The van der Waals surface area contributed by atoms with Gasteiger partial charge in [-0.2, -0.15) is 0 Å². The van der Waals surface area contributed by atoms with E-state index in [1.54, 1.807) is 0 Å². The number of unbranched alkanes of at least 4 members (excludes halogenated alkanes) is 14. The van der Waals surface area contributed by atoms with Crippen LogP contribution in [0.3, 0.4) is 0 Å². The summed E-state index contributed by atoms with van der Waals surface area (Å²) in [5.41, 5.74) is 0. The number of esters is 1. The highest BCUT2D eigenvalue weighted by Gasteiger charge is 2.33. The molecule has 0 N–H and O–H groups in total. The Morgan fingerprint density at radius 3 is 1.52 bits per heavy atom. The molecular weight excluding hydrogens is 568 g/mol. The Bertz CT molecular complexity index is 874. The zero-order valence-corrected chi connectivity index (χ0v) is 30.0. The predicted molar refractivity (Wildman–Crippen MR) is 196 cm³/mol. The monoisotopic (exact) mass is 639 g/mol. The molecule has 0 aromatic rings. The molecule has 4 heteroatoms. The molecule has 1 aliphatic carbocycles. The van der Waals surface area contributed by atoms with E-state index < -0.39 is 17.7 Å². The van der Waals surface area contributed by atoms with Crippen molar-refractivity contribution >= 4 is 17.5 Å². The number of allylic oxidation sites excluding steroid dienone is 8. The van der Waals surface area contributed by atoms with E-state index in [0.29, 0.717) is 12.8 Å². The van der Waals surface area contributed by atoms with Gasteiger partial charge in [0, 0.05) is 6.42 Å². The van der Waals surface area contributed by atoms with Crippen molar-refractivity contribution in [2.24, 2.45) is 5.92 Å². The van der Waals surface area contributed by atoms with Gasteiger partial charge < -0.3 is 4.74 Å². The second-order valence-corrected chi connectivity index (χ2v) is 13.3. The molecule has 262 valence electrons. The van der Waals surface area contributed by atoms with Crippen LogP contribution in [-0.4, -0.2) is 23.6 Å². The van der Waals surface area contributed by atoms with Gasteiger partial charge in [-0.25, -0.2) is 0 Å². The predicted octanol–water partition coefficient (Wildman–Crippen LogP) is 12.5. The van der Waals surface area contributed by atoms with Crippen molar-refractivity contribution < 1.29 is 19.1 Å². The number of ketones is 2. The molecule has 1 fully saturated rings. The largest absolute Gasteiger partial charge is 0.462 e. The highest BCUT2D eigenvalue weighted by molar-refractivity contribution is 6.41. The second kappa shape index (κ2) is 31.4. The minimum atomic E-state index is -0.927. The lowest BCUT2D eigenvalue weighted by atomic mass is 9.91. The van der Waals surface area contributed by atoms with Crippen molar-refractivity contribution in [3.8, 4) is 0 Å². The third-order valence-electron chi connectivity index (χ3n) is 9.01. The molecule has 1 atom stereocenters. The van der Waals surface area contributed by atoms with Crippen molar-refractivity contribution in [1.29, 1.82) is 0 Å². The third kappa shape index (κ3) is 24.0. The zero-order valence-electron chi connectivity index (χ0n) is 30.0. The van der Waals surface area contributed by atoms with Gasteiger partial charge in [-0.1, -0.05) is 127 Å². The summed E-state index contributed by atoms with van der Waals surface area (Å²) in [6, 6.07) is 0. The normalized spacial score (nSPS) is 15.1. The standard InChI is InChI=1S/C42H70O4/c1-3-5-7-9-11-13-15-17-19-21-23-25-27-32-36-39(42(45)46-38-34-30-29-31-35-38)41(44)40(43)37-33-28-26-24-22-20-18-16-14-12-10-8-6-4-2/h11-14,17-20,38-39H,3-10,15-16,21-37H2,1-2H3/b13-11-,14-12-,19-17-,20-18-. The van der Waals surface area contributed by atoms with E-state index >= 15 is 0 Å². The van der Waals surface area contributed by atoms with Gasteiger partial charge in [-0.3, -0.25) is 14.4 Å². The SMILES string of the molecule is CCCCC/C=C\C/C=C\CCCCCCC(=O)C(=O)C(CCCCCC/C=C\C/C=C\CCCCC)C(=O)OC1CCCCC1. The first-order valence-electron chi connectivity index (χ1n) is 19.5. The van der Waals surface area contributed by atoms with E-state index in [9.17, 15) is 14.4 Å².